The van der Waals surface area contributed by atoms with Crippen LogP contribution in [0.4, 0.5) is 5.69 Å². The molecule has 0 spiro atoms. The summed E-state index contributed by atoms with van der Waals surface area (Å²) < 4.78 is 0.935. The van der Waals surface area contributed by atoms with Gasteiger partial charge in [0.1, 0.15) is 0 Å². The number of amides is 2. The van der Waals surface area contributed by atoms with E-state index in [1.807, 2.05) is 37.4 Å². The molecule has 0 aliphatic heterocycles. The summed E-state index contributed by atoms with van der Waals surface area (Å²) in [5.41, 5.74) is 7.01. The number of carbonyl (C=O) groups excluding carboxylic acids is 2. The Morgan fingerprint density at radius 2 is 1.96 bits per heavy atom. The van der Waals surface area contributed by atoms with Crippen LogP contribution in [-0.4, -0.2) is 25.4 Å². The molecule has 1 aromatic carbocycles. The van der Waals surface area contributed by atoms with E-state index < -0.39 is 0 Å². The fourth-order valence-corrected chi connectivity index (χ4v) is 4.00. The van der Waals surface area contributed by atoms with Gasteiger partial charge in [-0.05, 0) is 46.7 Å². The Labute approximate surface area is 147 Å². The van der Waals surface area contributed by atoms with E-state index in [2.05, 4.69) is 26.6 Å². The van der Waals surface area contributed by atoms with Crippen LogP contribution in [0, 0.1) is 0 Å². The number of halogens is 1. The molecule has 0 unspecified atom stereocenters. The fourth-order valence-electron chi connectivity index (χ4n) is 2.04. The van der Waals surface area contributed by atoms with E-state index >= 15 is 0 Å². The third-order valence-electron chi connectivity index (χ3n) is 3.12. The van der Waals surface area contributed by atoms with Crippen LogP contribution in [0.2, 0.25) is 0 Å². The summed E-state index contributed by atoms with van der Waals surface area (Å²) in [4.78, 5) is 24.7. The topological polar surface area (TPSA) is 84.2 Å². The zero-order valence-electron chi connectivity index (χ0n) is 12.7. The predicted molar refractivity (Wildman–Crippen MR) is 97.5 cm³/mol. The SMILES string of the molecule is CNCCC(=O)Nc1ccc(-c2sc(CC(N)=O)cc2Br)cc1. The van der Waals surface area contributed by atoms with Gasteiger partial charge in [0, 0.05) is 32.9 Å². The van der Waals surface area contributed by atoms with Gasteiger partial charge in [0.05, 0.1) is 6.42 Å². The lowest BCUT2D eigenvalue weighted by Crippen LogP contribution is -2.18. The van der Waals surface area contributed by atoms with E-state index in [9.17, 15) is 9.59 Å². The van der Waals surface area contributed by atoms with Crippen LogP contribution in [0.15, 0.2) is 34.8 Å². The van der Waals surface area contributed by atoms with E-state index in [1.54, 1.807) is 0 Å². The lowest BCUT2D eigenvalue weighted by molar-refractivity contribution is -0.117. The Morgan fingerprint density at radius 1 is 1.26 bits per heavy atom. The summed E-state index contributed by atoms with van der Waals surface area (Å²) in [6.07, 6.45) is 0.675. The first-order valence-corrected chi connectivity index (χ1v) is 8.72. The highest BCUT2D eigenvalue weighted by atomic mass is 79.9. The highest BCUT2D eigenvalue weighted by Gasteiger charge is 2.11. The molecule has 0 saturated heterocycles. The van der Waals surface area contributed by atoms with Gasteiger partial charge in [-0.2, -0.15) is 0 Å². The van der Waals surface area contributed by atoms with Crippen molar-refractivity contribution in [2.24, 2.45) is 5.73 Å². The van der Waals surface area contributed by atoms with Gasteiger partial charge in [0.25, 0.3) is 0 Å². The van der Waals surface area contributed by atoms with E-state index in [-0.39, 0.29) is 18.2 Å². The lowest BCUT2D eigenvalue weighted by atomic mass is 10.1. The first-order chi connectivity index (χ1) is 11.0. The highest BCUT2D eigenvalue weighted by Crippen LogP contribution is 2.37. The zero-order chi connectivity index (χ0) is 16.8. The van der Waals surface area contributed by atoms with Crippen molar-refractivity contribution in [3.63, 3.8) is 0 Å². The third kappa shape index (κ3) is 5.16. The van der Waals surface area contributed by atoms with Gasteiger partial charge >= 0.3 is 0 Å². The monoisotopic (exact) mass is 395 g/mol. The quantitative estimate of drug-likeness (QED) is 0.673. The molecule has 23 heavy (non-hydrogen) atoms. The Kier molecular flexibility index (Phi) is 6.32. The number of nitrogens with one attached hydrogen (secondary N) is 2. The van der Waals surface area contributed by atoms with Gasteiger partial charge < -0.3 is 16.4 Å². The maximum Gasteiger partial charge on any atom is 0.225 e. The van der Waals surface area contributed by atoms with Crippen LogP contribution in [0.25, 0.3) is 10.4 Å². The van der Waals surface area contributed by atoms with Gasteiger partial charge in [-0.1, -0.05) is 12.1 Å². The van der Waals surface area contributed by atoms with E-state index in [0.29, 0.717) is 13.0 Å². The summed E-state index contributed by atoms with van der Waals surface area (Å²) in [6, 6.07) is 9.54. The number of hydrogen-bond acceptors (Lipinski definition) is 4. The number of benzene rings is 1. The fraction of sp³-hybridized carbons (Fsp3) is 0.250. The number of thiophene rings is 1. The van der Waals surface area contributed by atoms with Gasteiger partial charge in [0.15, 0.2) is 0 Å². The summed E-state index contributed by atoms with van der Waals surface area (Å²) in [5, 5.41) is 5.79. The standard InChI is InChI=1S/C16H18BrN3O2S/c1-19-7-6-15(22)20-11-4-2-10(3-5-11)16-13(17)8-12(23-16)9-14(18)21/h2-5,8,19H,6-7,9H2,1H3,(H2,18,21)(H,20,22). The van der Waals surface area contributed by atoms with Crippen molar-refractivity contribution in [2.45, 2.75) is 12.8 Å². The molecule has 7 heteroatoms. The number of anilines is 1. The smallest absolute Gasteiger partial charge is 0.225 e. The minimum Gasteiger partial charge on any atom is -0.369 e. The molecule has 0 atom stereocenters. The first kappa shape index (κ1) is 17.7. The molecule has 0 aliphatic rings. The van der Waals surface area contributed by atoms with Crippen LogP contribution < -0.4 is 16.4 Å². The molecule has 2 aromatic rings. The number of rotatable bonds is 7. The number of nitrogens with two attached hydrogens (primary N) is 1. The second-order valence-corrected chi connectivity index (χ2v) is 7.00. The van der Waals surface area contributed by atoms with Gasteiger partial charge in [-0.3, -0.25) is 9.59 Å². The summed E-state index contributed by atoms with van der Waals surface area (Å²) in [5.74, 6) is -0.363. The van der Waals surface area contributed by atoms with Crippen molar-refractivity contribution in [3.05, 3.63) is 39.7 Å². The van der Waals surface area contributed by atoms with Crippen molar-refractivity contribution < 1.29 is 9.59 Å². The number of hydrogen-bond donors (Lipinski definition) is 3. The lowest BCUT2D eigenvalue weighted by Gasteiger charge is -2.06. The molecule has 5 nitrogen and oxygen atoms in total. The first-order valence-electron chi connectivity index (χ1n) is 7.11. The maximum atomic E-state index is 11.7. The molecule has 0 saturated carbocycles. The molecule has 2 amide bonds. The Bertz CT molecular complexity index is 698. The van der Waals surface area contributed by atoms with Crippen LogP contribution >= 0.6 is 27.3 Å². The van der Waals surface area contributed by atoms with Crippen molar-refractivity contribution in [1.29, 1.82) is 0 Å². The third-order valence-corrected chi connectivity index (χ3v) is 5.19. The molecular formula is C16H18BrN3O2S. The van der Waals surface area contributed by atoms with Crippen LogP contribution in [0.3, 0.4) is 0 Å². The van der Waals surface area contributed by atoms with E-state index in [0.717, 1.165) is 25.5 Å². The molecule has 1 heterocycles. The summed E-state index contributed by atoms with van der Waals surface area (Å²) in [6.45, 7) is 0.648. The minimum absolute atomic E-state index is 0.0202. The molecule has 1 aromatic heterocycles. The molecule has 122 valence electrons. The Balaban J connectivity index is 2.09. The minimum atomic E-state index is -0.343. The molecule has 4 N–H and O–H groups in total. The summed E-state index contributed by atoms with van der Waals surface area (Å²) >= 11 is 5.04. The Morgan fingerprint density at radius 3 is 2.57 bits per heavy atom. The zero-order valence-corrected chi connectivity index (χ0v) is 15.1. The van der Waals surface area contributed by atoms with Crippen molar-refractivity contribution in [1.82, 2.24) is 5.32 Å². The van der Waals surface area contributed by atoms with Crippen molar-refractivity contribution >= 4 is 44.8 Å². The van der Waals surface area contributed by atoms with E-state index in [1.165, 1.54) is 11.3 Å². The van der Waals surface area contributed by atoms with Crippen molar-refractivity contribution in [3.8, 4) is 10.4 Å². The largest absolute Gasteiger partial charge is 0.369 e. The predicted octanol–water partition coefficient (Wildman–Crippen LogP) is 2.75. The molecule has 2 rings (SSSR count). The number of carbonyl (C=O) groups is 2. The normalized spacial score (nSPS) is 10.5. The van der Waals surface area contributed by atoms with Gasteiger partial charge in [-0.25, -0.2) is 0 Å². The van der Waals surface area contributed by atoms with Crippen LogP contribution in [0.5, 0.6) is 0 Å². The van der Waals surface area contributed by atoms with E-state index in [4.69, 9.17) is 5.73 Å². The highest BCUT2D eigenvalue weighted by molar-refractivity contribution is 9.10. The average molecular weight is 396 g/mol. The Hall–Kier alpha value is -1.70. The summed E-state index contributed by atoms with van der Waals surface area (Å²) in [7, 11) is 1.81. The van der Waals surface area contributed by atoms with Crippen molar-refractivity contribution in [2.75, 3.05) is 18.9 Å². The molecule has 0 aliphatic carbocycles. The van der Waals surface area contributed by atoms with Crippen LogP contribution in [0.1, 0.15) is 11.3 Å². The average Bonchev–Trinajstić information content (AvgIpc) is 2.85. The van der Waals surface area contributed by atoms with Gasteiger partial charge in [0.2, 0.25) is 11.8 Å². The molecule has 0 bridgehead atoms. The maximum absolute atomic E-state index is 11.7. The second kappa shape index (κ2) is 8.24. The second-order valence-electron chi connectivity index (χ2n) is 5.01. The molecule has 0 radical (unpaired) electrons. The van der Waals surface area contributed by atoms with Crippen LogP contribution in [-0.2, 0) is 16.0 Å². The van der Waals surface area contributed by atoms with Gasteiger partial charge in [-0.15, -0.1) is 11.3 Å². The molecular weight excluding hydrogens is 378 g/mol. The number of primary amides is 1. The molecule has 0 fully saturated rings.